The largest absolute Gasteiger partial charge is 0.573 e. The zero-order valence-corrected chi connectivity index (χ0v) is 26.7. The second-order valence-electron chi connectivity index (χ2n) is 11.7. The van der Waals surface area contributed by atoms with Crippen LogP contribution in [0, 0.1) is 0 Å². The summed E-state index contributed by atoms with van der Waals surface area (Å²) in [5, 5.41) is 17.1. The van der Waals surface area contributed by atoms with Crippen molar-refractivity contribution >= 4 is 52.2 Å². The number of oxime groups is 1. The summed E-state index contributed by atoms with van der Waals surface area (Å²) in [6, 6.07) is 12.6. The molecule has 1 saturated carbocycles. The highest BCUT2D eigenvalue weighted by Gasteiger charge is 2.54. The van der Waals surface area contributed by atoms with E-state index < -0.39 is 35.6 Å². The van der Waals surface area contributed by atoms with Gasteiger partial charge < -0.3 is 29.6 Å². The number of nitrogens with zero attached hydrogens (tertiary/aromatic N) is 2. The Bertz CT molecular complexity index is 1730. The maximum Gasteiger partial charge on any atom is 0.573 e. The molecule has 1 unspecified atom stereocenters. The number of methoxy groups -OCH3 is 1. The number of carboxylic acids is 1. The van der Waals surface area contributed by atoms with Crippen LogP contribution in [0.3, 0.4) is 0 Å². The predicted octanol–water partition coefficient (Wildman–Crippen LogP) is 7.74. The molecular formula is C32H30Cl2F3N3O6. The Morgan fingerprint density at radius 1 is 1.04 bits per heavy atom. The highest BCUT2D eigenvalue weighted by atomic mass is 35.5. The number of hydrogen-bond donors (Lipinski definition) is 2. The minimum Gasteiger partial charge on any atom is -0.497 e. The number of rotatable bonds is 10. The van der Waals surface area contributed by atoms with Crippen LogP contribution in [0.2, 0.25) is 10.0 Å². The molecule has 3 aromatic carbocycles. The molecule has 9 nitrogen and oxygen atoms in total. The van der Waals surface area contributed by atoms with Crippen molar-refractivity contribution < 1.29 is 42.2 Å². The van der Waals surface area contributed by atoms with Crippen molar-refractivity contribution in [3.8, 4) is 11.5 Å². The van der Waals surface area contributed by atoms with E-state index in [1.807, 2.05) is 0 Å². The van der Waals surface area contributed by atoms with Gasteiger partial charge in [0.05, 0.1) is 18.5 Å². The quantitative estimate of drug-likeness (QED) is 0.167. The summed E-state index contributed by atoms with van der Waals surface area (Å²) in [7, 11) is 1.45. The van der Waals surface area contributed by atoms with Crippen molar-refractivity contribution in [2.24, 2.45) is 5.16 Å². The van der Waals surface area contributed by atoms with Crippen LogP contribution in [0.5, 0.6) is 11.5 Å². The van der Waals surface area contributed by atoms with Gasteiger partial charge in [0.15, 0.2) is 0 Å². The fourth-order valence-corrected chi connectivity index (χ4v) is 5.76. The number of benzene rings is 3. The molecule has 0 saturated heterocycles. The molecule has 0 aromatic heterocycles. The molecule has 3 aromatic rings. The van der Waals surface area contributed by atoms with Crippen molar-refractivity contribution in [1.82, 2.24) is 0 Å². The molecule has 0 radical (unpaired) electrons. The van der Waals surface area contributed by atoms with E-state index in [9.17, 15) is 27.9 Å². The fourth-order valence-electron chi connectivity index (χ4n) is 5.24. The molecule has 1 fully saturated rings. The van der Waals surface area contributed by atoms with E-state index in [-0.39, 0.29) is 17.0 Å². The summed E-state index contributed by atoms with van der Waals surface area (Å²) in [6.45, 7) is 4.60. The third-order valence-electron chi connectivity index (χ3n) is 7.96. The number of carbonyl (C=O) groups is 2. The average Bonchev–Trinajstić information content (AvgIpc) is 3.69. The molecule has 5 rings (SSSR count). The second-order valence-corrected chi connectivity index (χ2v) is 12.6. The molecule has 1 aliphatic carbocycles. The van der Waals surface area contributed by atoms with Gasteiger partial charge in [0.2, 0.25) is 5.60 Å². The third kappa shape index (κ3) is 6.97. The Labute approximate surface area is 272 Å². The van der Waals surface area contributed by atoms with Crippen LogP contribution in [0.25, 0.3) is 0 Å². The zero-order chi connectivity index (χ0) is 33.6. The lowest BCUT2D eigenvalue weighted by molar-refractivity contribution is -0.274. The Morgan fingerprint density at radius 2 is 1.76 bits per heavy atom. The predicted molar refractivity (Wildman–Crippen MR) is 167 cm³/mol. The van der Waals surface area contributed by atoms with Gasteiger partial charge in [-0.2, -0.15) is 0 Å². The Hall–Kier alpha value is -4.16. The van der Waals surface area contributed by atoms with Gasteiger partial charge in [-0.25, -0.2) is 4.79 Å². The maximum atomic E-state index is 14.5. The zero-order valence-electron chi connectivity index (χ0n) is 25.2. The summed E-state index contributed by atoms with van der Waals surface area (Å²) in [5.41, 5.74) is 0.763. The van der Waals surface area contributed by atoms with Gasteiger partial charge in [0, 0.05) is 51.0 Å². The molecule has 244 valence electrons. The smallest absolute Gasteiger partial charge is 0.497 e. The lowest BCUT2D eigenvalue weighted by Crippen LogP contribution is -2.38. The molecule has 1 atom stereocenters. The first-order valence-electron chi connectivity index (χ1n) is 14.1. The molecule has 0 bridgehead atoms. The van der Waals surface area contributed by atoms with E-state index in [4.69, 9.17) is 32.8 Å². The van der Waals surface area contributed by atoms with Gasteiger partial charge in [0.1, 0.15) is 17.5 Å². The number of fused-ring (bicyclic) bond motifs is 2. The summed E-state index contributed by atoms with van der Waals surface area (Å²) in [5.74, 6) is -1.72. The SMILES string of the molecule is COc1cc(NC(C(=O)N2CC3(CC3)c3ccc(OC(F)(F)F)cc32)c2ccc(Cl)cc2Cl)cc(/C(C)=N/OC(C)(C)C(=O)O)c1. The maximum absolute atomic E-state index is 14.5. The minimum atomic E-state index is -4.90. The lowest BCUT2D eigenvalue weighted by atomic mass is 9.99. The highest BCUT2D eigenvalue weighted by molar-refractivity contribution is 6.35. The third-order valence-corrected chi connectivity index (χ3v) is 8.53. The Kier molecular flexibility index (Phi) is 8.82. The standard InChI is InChI=1S/C32H30Cl2F3N3O6/c1-17(39-46-30(2,3)29(42)43)18-11-20(14-22(12-18)44-4)38-27(23-7-5-19(33)13-25(23)34)28(41)40-16-31(9-10-31)24-8-6-21(15-26(24)40)45-32(35,36)37/h5-8,11-15,27,38H,9-10,16H2,1-4H3,(H,42,43)/b39-17+. The van der Waals surface area contributed by atoms with Gasteiger partial charge in [-0.1, -0.05) is 40.5 Å². The summed E-state index contributed by atoms with van der Waals surface area (Å²) < 4.78 is 48.9. The number of aliphatic carboxylic acids is 1. The lowest BCUT2D eigenvalue weighted by Gasteiger charge is -2.27. The number of ether oxygens (including phenoxy) is 2. The second kappa shape index (κ2) is 12.2. The number of anilines is 2. The van der Waals surface area contributed by atoms with E-state index in [2.05, 4.69) is 15.2 Å². The molecule has 46 heavy (non-hydrogen) atoms. The normalized spacial score (nSPS) is 16.1. The van der Waals surface area contributed by atoms with Crippen molar-refractivity contribution in [3.05, 3.63) is 81.3 Å². The number of halogens is 5. The summed E-state index contributed by atoms with van der Waals surface area (Å²) in [4.78, 5) is 32.7. The van der Waals surface area contributed by atoms with Crippen LogP contribution in [-0.4, -0.2) is 48.3 Å². The summed E-state index contributed by atoms with van der Waals surface area (Å²) in [6.07, 6.45) is -3.34. The number of carbonyl (C=O) groups excluding carboxylic acids is 1. The van der Waals surface area contributed by atoms with Crippen LogP contribution in [0.4, 0.5) is 24.5 Å². The first-order chi connectivity index (χ1) is 21.5. The van der Waals surface area contributed by atoms with Crippen LogP contribution >= 0.6 is 23.2 Å². The summed E-state index contributed by atoms with van der Waals surface area (Å²) >= 11 is 12.8. The van der Waals surface area contributed by atoms with Gasteiger partial charge in [-0.3, -0.25) is 4.79 Å². The molecule has 2 aliphatic rings. The molecule has 1 heterocycles. The Morgan fingerprint density at radius 3 is 2.37 bits per heavy atom. The van der Waals surface area contributed by atoms with E-state index >= 15 is 0 Å². The number of nitrogens with one attached hydrogen (secondary N) is 1. The first-order valence-corrected chi connectivity index (χ1v) is 14.9. The number of carboxylic acid groups (broad SMARTS) is 1. The van der Waals surface area contributed by atoms with Crippen LogP contribution in [0.15, 0.2) is 59.8 Å². The number of hydrogen-bond acceptors (Lipinski definition) is 7. The van der Waals surface area contributed by atoms with Crippen LogP contribution < -0.4 is 19.7 Å². The van der Waals surface area contributed by atoms with Crippen molar-refractivity contribution in [2.45, 2.75) is 57.0 Å². The van der Waals surface area contributed by atoms with Crippen molar-refractivity contribution in [1.29, 1.82) is 0 Å². The van der Waals surface area contributed by atoms with Gasteiger partial charge in [-0.15, -0.1) is 13.2 Å². The van der Waals surface area contributed by atoms with Gasteiger partial charge in [0.25, 0.3) is 5.91 Å². The average molecular weight is 681 g/mol. The fraction of sp³-hybridized carbons (Fsp3) is 0.344. The molecule has 1 aliphatic heterocycles. The van der Waals surface area contributed by atoms with Gasteiger partial charge >= 0.3 is 12.3 Å². The number of alkyl halides is 3. The highest BCUT2D eigenvalue weighted by Crippen LogP contribution is 2.57. The first kappa shape index (κ1) is 33.2. The van der Waals surface area contributed by atoms with E-state index in [0.717, 1.165) is 18.4 Å². The van der Waals surface area contributed by atoms with Crippen LogP contribution in [0.1, 0.15) is 56.3 Å². The monoisotopic (exact) mass is 679 g/mol. The topological polar surface area (TPSA) is 110 Å². The molecular weight excluding hydrogens is 650 g/mol. The van der Waals surface area contributed by atoms with E-state index in [1.54, 1.807) is 43.3 Å². The minimum absolute atomic E-state index is 0.193. The number of amides is 1. The van der Waals surface area contributed by atoms with Crippen LogP contribution in [-0.2, 0) is 19.8 Å². The van der Waals surface area contributed by atoms with Crippen molar-refractivity contribution in [3.63, 3.8) is 0 Å². The molecule has 1 spiro atoms. The van der Waals surface area contributed by atoms with E-state index in [1.165, 1.54) is 44.1 Å². The van der Waals surface area contributed by atoms with Crippen molar-refractivity contribution in [2.75, 3.05) is 23.9 Å². The van der Waals surface area contributed by atoms with E-state index in [0.29, 0.717) is 39.0 Å². The molecule has 2 N–H and O–H groups in total. The van der Waals surface area contributed by atoms with Gasteiger partial charge in [-0.05, 0) is 69.5 Å². The molecule has 1 amide bonds. The molecule has 14 heteroatoms. The Balaban J connectivity index is 1.54.